The second kappa shape index (κ2) is 5.80. The van der Waals surface area contributed by atoms with E-state index in [2.05, 4.69) is 17.2 Å². The van der Waals surface area contributed by atoms with Gasteiger partial charge in [-0.2, -0.15) is 5.10 Å². The van der Waals surface area contributed by atoms with Crippen molar-refractivity contribution in [3.63, 3.8) is 0 Å². The van der Waals surface area contributed by atoms with Gasteiger partial charge in [-0.25, -0.2) is 0 Å². The largest absolute Gasteiger partial charge is 0.292 e. The first-order chi connectivity index (χ1) is 9.40. The number of halogens is 1. The van der Waals surface area contributed by atoms with E-state index in [0.717, 1.165) is 16.7 Å². The molecule has 2 rings (SSSR count). The standard InChI is InChI=1S/C16H19ClN2O/c1-10(2)19-16(14(17)9-18-19)15(20)8-13-7-11(3)5-6-12(13)4/h5-7,9-10H,8H2,1-4H3. The van der Waals surface area contributed by atoms with Crippen LogP contribution >= 0.6 is 11.6 Å². The topological polar surface area (TPSA) is 34.9 Å². The monoisotopic (exact) mass is 290 g/mol. The first-order valence-electron chi connectivity index (χ1n) is 6.72. The summed E-state index contributed by atoms with van der Waals surface area (Å²) in [6.07, 6.45) is 1.89. The van der Waals surface area contributed by atoms with Crippen molar-refractivity contribution in [2.24, 2.45) is 0 Å². The summed E-state index contributed by atoms with van der Waals surface area (Å²) in [6.45, 7) is 8.01. The van der Waals surface area contributed by atoms with Crippen LogP contribution in [0.5, 0.6) is 0 Å². The number of carbonyl (C=O) groups excluding carboxylic acids is 1. The van der Waals surface area contributed by atoms with Gasteiger partial charge in [-0.15, -0.1) is 0 Å². The summed E-state index contributed by atoms with van der Waals surface area (Å²) in [5.41, 5.74) is 3.82. The lowest BCUT2D eigenvalue weighted by Crippen LogP contribution is -2.15. The lowest BCUT2D eigenvalue weighted by Gasteiger charge is -2.11. The highest BCUT2D eigenvalue weighted by Gasteiger charge is 2.19. The molecular weight excluding hydrogens is 272 g/mol. The molecule has 0 radical (unpaired) electrons. The second-order valence-corrected chi connectivity index (χ2v) is 5.82. The number of hydrogen-bond acceptors (Lipinski definition) is 2. The molecule has 4 heteroatoms. The Hall–Kier alpha value is -1.61. The minimum Gasteiger partial charge on any atom is -0.292 e. The lowest BCUT2D eigenvalue weighted by atomic mass is 10.00. The molecule has 0 amide bonds. The molecule has 0 aliphatic heterocycles. The van der Waals surface area contributed by atoms with Gasteiger partial charge in [-0.3, -0.25) is 9.48 Å². The molecular formula is C16H19ClN2O. The van der Waals surface area contributed by atoms with Gasteiger partial charge in [-0.05, 0) is 38.8 Å². The third kappa shape index (κ3) is 2.93. The Morgan fingerprint density at radius 3 is 2.70 bits per heavy atom. The maximum atomic E-state index is 12.5. The maximum Gasteiger partial charge on any atom is 0.186 e. The number of Topliss-reactive ketones (excluding diaryl/α,β-unsaturated/α-hetero) is 1. The lowest BCUT2D eigenvalue weighted by molar-refractivity contribution is 0.0981. The Morgan fingerprint density at radius 1 is 1.35 bits per heavy atom. The smallest absolute Gasteiger partial charge is 0.186 e. The van der Waals surface area contributed by atoms with Gasteiger partial charge in [-0.1, -0.05) is 35.4 Å². The van der Waals surface area contributed by atoms with Crippen molar-refractivity contribution in [1.82, 2.24) is 9.78 Å². The summed E-state index contributed by atoms with van der Waals surface area (Å²) in [4.78, 5) is 12.5. The maximum absolute atomic E-state index is 12.5. The Labute approximate surface area is 124 Å². The highest BCUT2D eigenvalue weighted by molar-refractivity contribution is 6.33. The average molecular weight is 291 g/mol. The van der Waals surface area contributed by atoms with Crippen LogP contribution in [0.25, 0.3) is 0 Å². The second-order valence-electron chi connectivity index (χ2n) is 5.41. The number of aryl methyl sites for hydroxylation is 2. The van der Waals surface area contributed by atoms with Crippen molar-refractivity contribution < 1.29 is 4.79 Å². The number of carbonyl (C=O) groups is 1. The molecule has 0 atom stereocenters. The molecule has 0 aliphatic carbocycles. The van der Waals surface area contributed by atoms with Crippen LogP contribution in [0.4, 0.5) is 0 Å². The van der Waals surface area contributed by atoms with Crippen molar-refractivity contribution in [2.75, 3.05) is 0 Å². The summed E-state index contributed by atoms with van der Waals surface area (Å²) in [7, 11) is 0. The quantitative estimate of drug-likeness (QED) is 0.793. The number of ketones is 1. The predicted molar refractivity (Wildman–Crippen MR) is 81.6 cm³/mol. The van der Waals surface area contributed by atoms with Crippen molar-refractivity contribution in [2.45, 2.75) is 40.2 Å². The molecule has 106 valence electrons. The fraction of sp³-hybridized carbons (Fsp3) is 0.375. The summed E-state index contributed by atoms with van der Waals surface area (Å²) < 4.78 is 1.69. The number of rotatable bonds is 4. The van der Waals surface area contributed by atoms with Crippen LogP contribution in [0.15, 0.2) is 24.4 Å². The third-order valence-electron chi connectivity index (χ3n) is 3.36. The number of benzene rings is 1. The van der Waals surface area contributed by atoms with Gasteiger partial charge in [0.1, 0.15) is 5.69 Å². The van der Waals surface area contributed by atoms with E-state index < -0.39 is 0 Å². The summed E-state index contributed by atoms with van der Waals surface area (Å²) in [5, 5.41) is 4.61. The zero-order chi connectivity index (χ0) is 14.9. The van der Waals surface area contributed by atoms with Crippen LogP contribution in [0.2, 0.25) is 5.02 Å². The normalized spacial score (nSPS) is 11.1. The Balaban J connectivity index is 2.33. The Kier molecular flexibility index (Phi) is 4.29. The minimum atomic E-state index is 0.00917. The molecule has 0 unspecified atom stereocenters. The molecule has 0 saturated heterocycles. The summed E-state index contributed by atoms with van der Waals surface area (Å²) in [5.74, 6) is 0.00917. The molecule has 0 fully saturated rings. The Bertz CT molecular complexity index is 644. The minimum absolute atomic E-state index is 0.00917. The Morgan fingerprint density at radius 2 is 2.05 bits per heavy atom. The highest BCUT2D eigenvalue weighted by atomic mass is 35.5. The zero-order valence-electron chi connectivity index (χ0n) is 12.3. The molecule has 1 aromatic carbocycles. The molecule has 2 aromatic rings. The van der Waals surface area contributed by atoms with Gasteiger partial charge in [0.25, 0.3) is 0 Å². The molecule has 1 heterocycles. The van der Waals surface area contributed by atoms with Crippen LogP contribution < -0.4 is 0 Å². The van der Waals surface area contributed by atoms with Crippen LogP contribution in [-0.4, -0.2) is 15.6 Å². The fourth-order valence-corrected chi connectivity index (χ4v) is 2.48. The highest BCUT2D eigenvalue weighted by Crippen LogP contribution is 2.22. The molecule has 3 nitrogen and oxygen atoms in total. The van der Waals surface area contributed by atoms with E-state index in [0.29, 0.717) is 17.1 Å². The molecule has 0 bridgehead atoms. The molecule has 20 heavy (non-hydrogen) atoms. The van der Waals surface area contributed by atoms with E-state index >= 15 is 0 Å². The molecule has 1 aromatic heterocycles. The first-order valence-corrected chi connectivity index (χ1v) is 7.10. The van der Waals surface area contributed by atoms with E-state index in [9.17, 15) is 4.79 Å². The molecule has 0 spiro atoms. The average Bonchev–Trinajstić information content (AvgIpc) is 2.76. The number of nitrogens with zero attached hydrogens (tertiary/aromatic N) is 2. The fourth-order valence-electron chi connectivity index (χ4n) is 2.24. The van der Waals surface area contributed by atoms with Crippen molar-refractivity contribution >= 4 is 17.4 Å². The van der Waals surface area contributed by atoms with Crippen LogP contribution in [0.3, 0.4) is 0 Å². The van der Waals surface area contributed by atoms with E-state index in [1.165, 1.54) is 6.20 Å². The first kappa shape index (κ1) is 14.8. The third-order valence-corrected chi connectivity index (χ3v) is 3.64. The van der Waals surface area contributed by atoms with E-state index in [-0.39, 0.29) is 11.8 Å². The van der Waals surface area contributed by atoms with Gasteiger partial charge >= 0.3 is 0 Å². The molecule has 0 aliphatic rings. The summed E-state index contributed by atoms with van der Waals surface area (Å²) >= 11 is 6.12. The van der Waals surface area contributed by atoms with Gasteiger partial charge in [0.05, 0.1) is 11.2 Å². The van der Waals surface area contributed by atoms with E-state index in [1.54, 1.807) is 4.68 Å². The molecule has 0 saturated carbocycles. The van der Waals surface area contributed by atoms with Gasteiger partial charge in [0.15, 0.2) is 5.78 Å². The van der Waals surface area contributed by atoms with Crippen molar-refractivity contribution in [3.8, 4) is 0 Å². The van der Waals surface area contributed by atoms with E-state index in [1.807, 2.05) is 33.8 Å². The van der Waals surface area contributed by atoms with Crippen molar-refractivity contribution in [1.29, 1.82) is 0 Å². The van der Waals surface area contributed by atoms with Gasteiger partial charge in [0.2, 0.25) is 0 Å². The number of hydrogen-bond donors (Lipinski definition) is 0. The molecule has 0 N–H and O–H groups in total. The van der Waals surface area contributed by atoms with Gasteiger partial charge in [0, 0.05) is 12.5 Å². The predicted octanol–water partition coefficient (Wildman–Crippen LogP) is 4.16. The van der Waals surface area contributed by atoms with Gasteiger partial charge < -0.3 is 0 Å². The van der Waals surface area contributed by atoms with Crippen LogP contribution in [0, 0.1) is 13.8 Å². The van der Waals surface area contributed by atoms with Crippen LogP contribution in [0.1, 0.15) is 47.1 Å². The number of aromatic nitrogens is 2. The van der Waals surface area contributed by atoms with E-state index in [4.69, 9.17) is 11.6 Å². The summed E-state index contributed by atoms with van der Waals surface area (Å²) in [6, 6.07) is 6.26. The van der Waals surface area contributed by atoms with Crippen LogP contribution in [-0.2, 0) is 6.42 Å². The SMILES string of the molecule is Cc1ccc(C)c(CC(=O)c2c(Cl)cnn2C(C)C)c1. The zero-order valence-corrected chi connectivity index (χ0v) is 13.0. The van der Waals surface area contributed by atoms with Crippen molar-refractivity contribution in [3.05, 3.63) is 51.8 Å².